The third-order valence-electron chi connectivity index (χ3n) is 5.15. The van der Waals surface area contributed by atoms with Gasteiger partial charge in [-0.05, 0) is 29.8 Å². The van der Waals surface area contributed by atoms with Crippen molar-refractivity contribution in [3.8, 4) is 0 Å². The van der Waals surface area contributed by atoms with Crippen molar-refractivity contribution in [2.75, 3.05) is 19.6 Å². The predicted molar refractivity (Wildman–Crippen MR) is 111 cm³/mol. The van der Waals surface area contributed by atoms with Crippen molar-refractivity contribution in [2.45, 2.75) is 12.5 Å². The van der Waals surface area contributed by atoms with Crippen LogP contribution in [0.5, 0.6) is 0 Å². The van der Waals surface area contributed by atoms with E-state index in [1.165, 1.54) is 0 Å². The second-order valence-electron chi connectivity index (χ2n) is 6.99. The van der Waals surface area contributed by atoms with E-state index in [9.17, 15) is 9.59 Å². The lowest BCUT2D eigenvalue weighted by Gasteiger charge is -2.33. The summed E-state index contributed by atoms with van der Waals surface area (Å²) in [5.41, 5.74) is 3.03. The van der Waals surface area contributed by atoms with E-state index in [0.29, 0.717) is 36.7 Å². The molecule has 0 fully saturated rings. The predicted octanol–water partition coefficient (Wildman–Crippen LogP) is 3.33. The molecule has 0 saturated carbocycles. The highest BCUT2D eigenvalue weighted by Crippen LogP contribution is 2.36. The lowest BCUT2D eigenvalue weighted by Crippen LogP contribution is -2.47. The van der Waals surface area contributed by atoms with Crippen molar-refractivity contribution in [1.82, 2.24) is 20.1 Å². The molecule has 7 heteroatoms. The molecule has 4 rings (SSSR count). The standard InChI is InChI=1S/C22H21ClN4O2/c1-2-11-27-18-14-26(12-9-17-8-3-4-10-24-17)21(28)19(18)20(25-22(27)29)15-6-5-7-16(23)13-15/h2-8,10,13,20H,1,9,11-12,14H2,(H,25,29). The largest absolute Gasteiger partial charge is 0.333 e. The van der Waals surface area contributed by atoms with E-state index in [1.54, 1.807) is 34.2 Å². The monoisotopic (exact) mass is 408 g/mol. The Bertz CT molecular complexity index is 989. The van der Waals surface area contributed by atoms with E-state index in [2.05, 4.69) is 16.9 Å². The van der Waals surface area contributed by atoms with Gasteiger partial charge in [0.2, 0.25) is 0 Å². The average Bonchev–Trinajstić information content (AvgIpc) is 3.05. The molecule has 0 spiro atoms. The summed E-state index contributed by atoms with van der Waals surface area (Å²) in [4.78, 5) is 33.7. The topological polar surface area (TPSA) is 65.5 Å². The van der Waals surface area contributed by atoms with E-state index in [0.717, 1.165) is 17.0 Å². The van der Waals surface area contributed by atoms with E-state index < -0.39 is 6.04 Å². The molecule has 0 radical (unpaired) electrons. The Hall–Kier alpha value is -3.12. The van der Waals surface area contributed by atoms with Gasteiger partial charge in [-0.2, -0.15) is 0 Å². The van der Waals surface area contributed by atoms with Gasteiger partial charge < -0.3 is 10.2 Å². The van der Waals surface area contributed by atoms with Gasteiger partial charge >= 0.3 is 6.03 Å². The summed E-state index contributed by atoms with van der Waals surface area (Å²) >= 11 is 6.15. The Balaban J connectivity index is 1.64. The van der Waals surface area contributed by atoms with Crippen LogP contribution in [0.25, 0.3) is 0 Å². The molecular formula is C22H21ClN4O2. The second-order valence-corrected chi connectivity index (χ2v) is 7.43. The van der Waals surface area contributed by atoms with Crippen LogP contribution in [0.1, 0.15) is 17.3 Å². The zero-order valence-corrected chi connectivity index (χ0v) is 16.6. The normalized spacial score (nSPS) is 18.7. The van der Waals surface area contributed by atoms with Gasteiger partial charge in [0.05, 0.1) is 23.9 Å². The summed E-state index contributed by atoms with van der Waals surface area (Å²) < 4.78 is 0. The van der Waals surface area contributed by atoms with Gasteiger partial charge in [0.25, 0.3) is 5.91 Å². The molecule has 1 aromatic carbocycles. The minimum Gasteiger partial charge on any atom is -0.333 e. The molecule has 3 heterocycles. The fourth-order valence-electron chi connectivity index (χ4n) is 3.78. The summed E-state index contributed by atoms with van der Waals surface area (Å²) in [5.74, 6) is -0.0741. The molecule has 29 heavy (non-hydrogen) atoms. The van der Waals surface area contributed by atoms with E-state index >= 15 is 0 Å². The maximum atomic E-state index is 13.3. The fraction of sp³-hybridized carbons (Fsp3) is 0.227. The number of carbonyl (C=O) groups excluding carboxylic acids is 2. The molecule has 0 saturated heterocycles. The fourth-order valence-corrected chi connectivity index (χ4v) is 3.98. The molecule has 0 aliphatic carbocycles. The molecular weight excluding hydrogens is 388 g/mol. The van der Waals surface area contributed by atoms with Crippen LogP contribution in [0, 0.1) is 0 Å². The lowest BCUT2D eigenvalue weighted by molar-refractivity contribution is -0.125. The number of benzene rings is 1. The Kier molecular flexibility index (Phi) is 5.36. The minimum atomic E-state index is -0.524. The smallest absolute Gasteiger partial charge is 0.322 e. The summed E-state index contributed by atoms with van der Waals surface area (Å²) in [6.07, 6.45) is 4.05. The van der Waals surface area contributed by atoms with Crippen LogP contribution in [0.3, 0.4) is 0 Å². The summed E-state index contributed by atoms with van der Waals surface area (Å²) in [5, 5.41) is 3.51. The highest BCUT2D eigenvalue weighted by molar-refractivity contribution is 6.30. The van der Waals surface area contributed by atoms with Gasteiger partial charge in [-0.3, -0.25) is 14.7 Å². The van der Waals surface area contributed by atoms with Gasteiger partial charge in [-0.25, -0.2) is 4.79 Å². The maximum absolute atomic E-state index is 13.3. The van der Waals surface area contributed by atoms with Crippen LogP contribution in [0.2, 0.25) is 5.02 Å². The molecule has 1 N–H and O–H groups in total. The summed E-state index contributed by atoms with van der Waals surface area (Å²) in [6.45, 7) is 5.00. The molecule has 3 amide bonds. The third-order valence-corrected chi connectivity index (χ3v) is 5.39. The number of hydrogen-bond acceptors (Lipinski definition) is 3. The van der Waals surface area contributed by atoms with Crippen molar-refractivity contribution in [3.05, 3.63) is 88.9 Å². The first-order valence-corrected chi connectivity index (χ1v) is 9.83. The first-order chi connectivity index (χ1) is 14.1. The Morgan fingerprint density at radius 3 is 2.83 bits per heavy atom. The second kappa shape index (κ2) is 8.09. The van der Waals surface area contributed by atoms with Crippen LogP contribution >= 0.6 is 11.6 Å². The zero-order valence-electron chi connectivity index (χ0n) is 15.8. The number of urea groups is 1. The summed E-state index contributed by atoms with van der Waals surface area (Å²) in [7, 11) is 0. The van der Waals surface area contributed by atoms with E-state index in [4.69, 9.17) is 11.6 Å². The number of pyridine rings is 1. The Labute approximate surface area is 174 Å². The van der Waals surface area contributed by atoms with Crippen molar-refractivity contribution < 1.29 is 9.59 Å². The maximum Gasteiger partial charge on any atom is 0.322 e. The van der Waals surface area contributed by atoms with Gasteiger partial charge in [0.15, 0.2) is 0 Å². The van der Waals surface area contributed by atoms with Gasteiger partial charge in [0, 0.05) is 36.4 Å². The summed E-state index contributed by atoms with van der Waals surface area (Å²) in [6, 6.07) is 12.2. The SMILES string of the molecule is C=CCN1C(=O)NC(c2cccc(Cl)c2)C2=C1CN(CCc1ccccn1)C2=O. The zero-order chi connectivity index (χ0) is 20.4. The minimum absolute atomic E-state index is 0.0741. The first-order valence-electron chi connectivity index (χ1n) is 9.45. The highest BCUT2D eigenvalue weighted by Gasteiger charge is 2.43. The number of nitrogens with one attached hydrogen (secondary N) is 1. The van der Waals surface area contributed by atoms with E-state index in [1.807, 2.05) is 30.3 Å². The van der Waals surface area contributed by atoms with Gasteiger partial charge in [0.1, 0.15) is 0 Å². The molecule has 1 unspecified atom stereocenters. The molecule has 6 nitrogen and oxygen atoms in total. The highest BCUT2D eigenvalue weighted by atomic mass is 35.5. The quantitative estimate of drug-likeness (QED) is 0.745. The lowest BCUT2D eigenvalue weighted by atomic mass is 9.95. The van der Waals surface area contributed by atoms with Gasteiger partial charge in [-0.1, -0.05) is 35.9 Å². The molecule has 2 aliphatic heterocycles. The molecule has 0 bridgehead atoms. The average molecular weight is 409 g/mol. The van der Waals surface area contributed by atoms with Crippen LogP contribution < -0.4 is 5.32 Å². The molecule has 2 aliphatic rings. The van der Waals surface area contributed by atoms with Crippen LogP contribution in [-0.4, -0.2) is 46.4 Å². The van der Waals surface area contributed by atoms with Crippen LogP contribution in [0.4, 0.5) is 4.79 Å². The number of rotatable bonds is 6. The van der Waals surface area contributed by atoms with Crippen molar-refractivity contribution >= 4 is 23.5 Å². The number of halogens is 1. The molecule has 1 aromatic heterocycles. The molecule has 2 aromatic rings. The number of aromatic nitrogens is 1. The van der Waals surface area contributed by atoms with Crippen molar-refractivity contribution in [2.24, 2.45) is 0 Å². The van der Waals surface area contributed by atoms with E-state index in [-0.39, 0.29) is 11.9 Å². The van der Waals surface area contributed by atoms with Crippen molar-refractivity contribution in [3.63, 3.8) is 0 Å². The van der Waals surface area contributed by atoms with Gasteiger partial charge in [-0.15, -0.1) is 6.58 Å². The number of nitrogens with zero attached hydrogens (tertiary/aromatic N) is 3. The number of carbonyl (C=O) groups is 2. The molecule has 148 valence electrons. The number of hydrogen-bond donors (Lipinski definition) is 1. The number of amides is 3. The third kappa shape index (κ3) is 3.76. The Morgan fingerprint density at radius 1 is 1.24 bits per heavy atom. The Morgan fingerprint density at radius 2 is 2.10 bits per heavy atom. The first kappa shape index (κ1) is 19.2. The van der Waals surface area contributed by atoms with Crippen LogP contribution in [-0.2, 0) is 11.2 Å². The molecule has 1 atom stereocenters. The van der Waals surface area contributed by atoms with Crippen molar-refractivity contribution in [1.29, 1.82) is 0 Å². The van der Waals surface area contributed by atoms with Crippen LogP contribution in [0.15, 0.2) is 72.6 Å².